The van der Waals surface area contributed by atoms with Crippen LogP contribution in [0.2, 0.25) is 0 Å². The van der Waals surface area contributed by atoms with Crippen molar-refractivity contribution >= 4 is 11.0 Å². The van der Waals surface area contributed by atoms with Crippen molar-refractivity contribution in [1.29, 1.82) is 0 Å². The predicted molar refractivity (Wildman–Crippen MR) is 73.5 cm³/mol. The van der Waals surface area contributed by atoms with Gasteiger partial charge in [-0.25, -0.2) is 9.97 Å². The Balaban J connectivity index is 1.56. The number of aromatic nitrogens is 4. The third-order valence-electron chi connectivity index (χ3n) is 2.90. The monoisotopic (exact) mass is 253 g/mol. The van der Waals surface area contributed by atoms with E-state index >= 15 is 0 Å². The Morgan fingerprint density at radius 1 is 1.11 bits per heavy atom. The number of rotatable bonds is 5. The molecule has 0 spiro atoms. The van der Waals surface area contributed by atoms with Gasteiger partial charge in [-0.2, -0.15) is 0 Å². The van der Waals surface area contributed by atoms with E-state index in [-0.39, 0.29) is 0 Å². The maximum absolute atomic E-state index is 4.56. The van der Waals surface area contributed by atoms with Gasteiger partial charge in [-0.05, 0) is 12.1 Å². The van der Waals surface area contributed by atoms with E-state index in [2.05, 4.69) is 25.3 Å². The number of H-pyrrole nitrogens is 1. The number of aromatic amines is 1. The van der Waals surface area contributed by atoms with Crippen LogP contribution in [-0.4, -0.2) is 26.5 Å². The molecule has 5 nitrogen and oxygen atoms in total. The summed E-state index contributed by atoms with van der Waals surface area (Å²) in [7, 11) is 0. The average molecular weight is 253 g/mol. The molecule has 0 atom stereocenters. The summed E-state index contributed by atoms with van der Waals surface area (Å²) in [4.78, 5) is 16.2. The molecular weight excluding hydrogens is 238 g/mol. The third-order valence-corrected chi connectivity index (χ3v) is 2.90. The van der Waals surface area contributed by atoms with Crippen LogP contribution >= 0.6 is 0 Å². The van der Waals surface area contributed by atoms with Crippen LogP contribution in [0.15, 0.2) is 42.9 Å². The van der Waals surface area contributed by atoms with Crippen LogP contribution in [0.1, 0.15) is 11.5 Å². The number of nitrogens with one attached hydrogen (secondary N) is 2. The molecular formula is C14H15N5. The van der Waals surface area contributed by atoms with Crippen LogP contribution in [-0.2, 0) is 13.0 Å². The molecule has 2 heterocycles. The van der Waals surface area contributed by atoms with E-state index in [0.29, 0.717) is 0 Å². The quantitative estimate of drug-likeness (QED) is 0.679. The maximum Gasteiger partial charge on any atom is 0.107 e. The number of benzene rings is 1. The van der Waals surface area contributed by atoms with E-state index in [1.807, 2.05) is 36.7 Å². The Hall–Kier alpha value is -2.27. The van der Waals surface area contributed by atoms with Gasteiger partial charge in [-0.3, -0.25) is 4.98 Å². The van der Waals surface area contributed by atoms with Crippen molar-refractivity contribution in [2.45, 2.75) is 13.0 Å². The molecule has 2 N–H and O–H groups in total. The molecule has 96 valence electrons. The Bertz CT molecular complexity index is 648. The highest BCUT2D eigenvalue weighted by Gasteiger charge is 1.99. The number of imidazole rings is 1. The SMILES string of the molecule is c1ccc2nc(CNCCc3ncc[nH]3)cnc2c1. The van der Waals surface area contributed by atoms with Crippen molar-refractivity contribution in [3.63, 3.8) is 0 Å². The highest BCUT2D eigenvalue weighted by molar-refractivity contribution is 5.73. The first-order chi connectivity index (χ1) is 9.42. The van der Waals surface area contributed by atoms with E-state index < -0.39 is 0 Å². The van der Waals surface area contributed by atoms with Crippen molar-refractivity contribution in [3.05, 3.63) is 54.4 Å². The Kier molecular flexibility index (Phi) is 3.47. The van der Waals surface area contributed by atoms with Crippen LogP contribution in [0.25, 0.3) is 11.0 Å². The van der Waals surface area contributed by atoms with E-state index in [0.717, 1.165) is 42.1 Å². The number of hydrogen-bond donors (Lipinski definition) is 2. The molecule has 0 saturated carbocycles. The molecule has 0 fully saturated rings. The van der Waals surface area contributed by atoms with Gasteiger partial charge in [0.25, 0.3) is 0 Å². The second kappa shape index (κ2) is 5.58. The highest BCUT2D eigenvalue weighted by atomic mass is 14.9. The first-order valence-corrected chi connectivity index (χ1v) is 6.31. The first-order valence-electron chi connectivity index (χ1n) is 6.31. The second-order valence-corrected chi connectivity index (χ2v) is 4.31. The molecule has 0 amide bonds. The molecule has 5 heteroatoms. The van der Waals surface area contributed by atoms with Gasteiger partial charge in [0, 0.05) is 31.9 Å². The number of fused-ring (bicyclic) bond motifs is 1. The minimum absolute atomic E-state index is 0.721. The van der Waals surface area contributed by atoms with Crippen LogP contribution in [0.5, 0.6) is 0 Å². The van der Waals surface area contributed by atoms with Crippen molar-refractivity contribution in [2.24, 2.45) is 0 Å². The van der Waals surface area contributed by atoms with Gasteiger partial charge in [0.2, 0.25) is 0 Å². The van der Waals surface area contributed by atoms with Crippen molar-refractivity contribution < 1.29 is 0 Å². The number of para-hydroxylation sites is 2. The Morgan fingerprint density at radius 2 is 2.00 bits per heavy atom. The third kappa shape index (κ3) is 2.95. The molecule has 0 saturated heterocycles. The van der Waals surface area contributed by atoms with Crippen molar-refractivity contribution in [3.8, 4) is 0 Å². The molecule has 3 rings (SSSR count). The van der Waals surface area contributed by atoms with Gasteiger partial charge in [-0.1, -0.05) is 12.1 Å². The van der Waals surface area contributed by atoms with Crippen molar-refractivity contribution in [1.82, 2.24) is 25.3 Å². The van der Waals surface area contributed by atoms with Crippen LogP contribution in [0.3, 0.4) is 0 Å². The molecule has 0 radical (unpaired) electrons. The molecule has 2 aromatic heterocycles. The Morgan fingerprint density at radius 3 is 2.84 bits per heavy atom. The molecule has 0 aliphatic carbocycles. The smallest absolute Gasteiger partial charge is 0.107 e. The lowest BCUT2D eigenvalue weighted by molar-refractivity contribution is 0.663. The molecule has 0 unspecified atom stereocenters. The summed E-state index contributed by atoms with van der Waals surface area (Å²) in [5, 5.41) is 3.34. The Labute approximate surface area is 111 Å². The van der Waals surface area contributed by atoms with Gasteiger partial charge in [0.1, 0.15) is 5.82 Å². The maximum atomic E-state index is 4.56. The number of nitrogens with zero attached hydrogens (tertiary/aromatic N) is 3. The van der Waals surface area contributed by atoms with E-state index in [4.69, 9.17) is 0 Å². The molecule has 0 bridgehead atoms. The lowest BCUT2D eigenvalue weighted by Crippen LogP contribution is -2.18. The zero-order valence-corrected chi connectivity index (χ0v) is 10.5. The minimum Gasteiger partial charge on any atom is -0.349 e. The lowest BCUT2D eigenvalue weighted by atomic mass is 10.3. The highest BCUT2D eigenvalue weighted by Crippen LogP contribution is 2.08. The fourth-order valence-corrected chi connectivity index (χ4v) is 1.94. The topological polar surface area (TPSA) is 66.5 Å². The lowest BCUT2D eigenvalue weighted by Gasteiger charge is -2.04. The van der Waals surface area contributed by atoms with Crippen molar-refractivity contribution in [2.75, 3.05) is 6.54 Å². The summed E-state index contributed by atoms with van der Waals surface area (Å²) >= 11 is 0. The zero-order valence-electron chi connectivity index (χ0n) is 10.5. The van der Waals surface area contributed by atoms with Crippen LogP contribution in [0, 0.1) is 0 Å². The van der Waals surface area contributed by atoms with Crippen LogP contribution in [0.4, 0.5) is 0 Å². The molecule has 0 aliphatic heterocycles. The fourth-order valence-electron chi connectivity index (χ4n) is 1.94. The minimum atomic E-state index is 0.721. The van der Waals surface area contributed by atoms with Gasteiger partial charge in [0.15, 0.2) is 0 Å². The van der Waals surface area contributed by atoms with Gasteiger partial charge in [0.05, 0.1) is 22.9 Å². The standard InChI is InChI=1S/C14H15N5/c1-2-4-13-12(3-1)18-10-11(19-13)9-15-6-5-14-16-7-8-17-14/h1-4,7-8,10,15H,5-6,9H2,(H,16,17). The molecule has 3 aromatic rings. The van der Waals surface area contributed by atoms with Gasteiger partial charge >= 0.3 is 0 Å². The molecule has 19 heavy (non-hydrogen) atoms. The predicted octanol–water partition coefficient (Wildman–Crippen LogP) is 1.69. The summed E-state index contributed by atoms with van der Waals surface area (Å²) in [5.41, 5.74) is 2.83. The summed E-state index contributed by atoms with van der Waals surface area (Å²) in [5.74, 6) is 0.997. The normalized spacial score (nSPS) is 10.9. The van der Waals surface area contributed by atoms with E-state index in [9.17, 15) is 0 Å². The van der Waals surface area contributed by atoms with Gasteiger partial charge < -0.3 is 10.3 Å². The van der Waals surface area contributed by atoms with Gasteiger partial charge in [-0.15, -0.1) is 0 Å². The summed E-state index contributed by atoms with van der Waals surface area (Å²) < 4.78 is 0. The molecule has 1 aromatic carbocycles. The number of hydrogen-bond acceptors (Lipinski definition) is 4. The largest absolute Gasteiger partial charge is 0.349 e. The van der Waals surface area contributed by atoms with Crippen LogP contribution < -0.4 is 5.32 Å². The average Bonchev–Trinajstić information content (AvgIpc) is 2.97. The molecule has 0 aliphatic rings. The summed E-state index contributed by atoms with van der Waals surface area (Å²) in [6, 6.07) is 7.90. The van der Waals surface area contributed by atoms with E-state index in [1.54, 1.807) is 6.20 Å². The first kappa shape index (κ1) is 11.8. The fraction of sp³-hybridized carbons (Fsp3) is 0.214. The summed E-state index contributed by atoms with van der Waals surface area (Å²) in [6.45, 7) is 1.58. The van der Waals surface area contributed by atoms with E-state index in [1.165, 1.54) is 0 Å². The zero-order chi connectivity index (χ0) is 12.9. The second-order valence-electron chi connectivity index (χ2n) is 4.31. The summed E-state index contributed by atoms with van der Waals surface area (Å²) in [6.07, 6.45) is 6.31.